The van der Waals surface area contributed by atoms with E-state index in [2.05, 4.69) is 37.7 Å². The molecule has 3 rings (SSSR count). The quantitative estimate of drug-likeness (QED) is 0.646. The molecule has 0 aliphatic carbocycles. The fourth-order valence-electron chi connectivity index (χ4n) is 2.50. The van der Waals surface area contributed by atoms with E-state index in [1.165, 1.54) is 0 Å². The highest BCUT2D eigenvalue weighted by atomic mass is 79.9. The number of nitrogens with zero attached hydrogens (tertiary/aromatic N) is 4. The maximum Gasteiger partial charge on any atom is 0.111 e. The minimum atomic E-state index is 0.577. The van der Waals surface area contributed by atoms with Crippen molar-refractivity contribution in [1.29, 1.82) is 0 Å². The van der Waals surface area contributed by atoms with Crippen molar-refractivity contribution in [3.8, 4) is 0 Å². The summed E-state index contributed by atoms with van der Waals surface area (Å²) in [5.74, 6) is 1.61. The lowest BCUT2D eigenvalue weighted by Crippen LogP contribution is -2.07. The number of alkyl halides is 1. The van der Waals surface area contributed by atoms with Crippen LogP contribution in [-0.4, -0.2) is 25.2 Å². The third-order valence-corrected chi connectivity index (χ3v) is 4.15. The van der Waals surface area contributed by atoms with Crippen molar-refractivity contribution in [1.82, 2.24) is 19.3 Å². The first-order chi connectivity index (χ1) is 10.2. The number of halogens is 2. The summed E-state index contributed by atoms with van der Waals surface area (Å²) in [6.45, 7) is 0.862. The number of hydrogen-bond donors (Lipinski definition) is 0. The first kappa shape index (κ1) is 14.6. The molecule has 110 valence electrons. The molecule has 0 atom stereocenters. The summed E-state index contributed by atoms with van der Waals surface area (Å²) < 4.78 is 5.12. The minimum absolute atomic E-state index is 0.577. The van der Waals surface area contributed by atoms with Crippen LogP contribution in [0.15, 0.2) is 34.9 Å². The fourth-order valence-corrected chi connectivity index (χ4v) is 3.02. The van der Waals surface area contributed by atoms with Crippen LogP contribution in [0.3, 0.4) is 0 Å². The SMILES string of the molecule is Cn1ccc(CCn2c(CCCl)nc3cc(Br)ccc32)n1. The average molecular weight is 368 g/mol. The van der Waals surface area contributed by atoms with Gasteiger partial charge in [-0.1, -0.05) is 15.9 Å². The molecule has 0 aliphatic rings. The van der Waals surface area contributed by atoms with Crippen molar-refractivity contribution >= 4 is 38.6 Å². The summed E-state index contributed by atoms with van der Waals surface area (Å²) >= 11 is 9.40. The number of aromatic nitrogens is 4. The third-order valence-electron chi connectivity index (χ3n) is 3.47. The molecule has 0 saturated carbocycles. The number of rotatable bonds is 5. The van der Waals surface area contributed by atoms with Gasteiger partial charge in [0.05, 0.1) is 16.7 Å². The number of benzene rings is 1. The van der Waals surface area contributed by atoms with Crippen LogP contribution in [0.1, 0.15) is 11.5 Å². The summed E-state index contributed by atoms with van der Waals surface area (Å²) in [6.07, 6.45) is 3.63. The van der Waals surface area contributed by atoms with E-state index < -0.39 is 0 Å². The zero-order chi connectivity index (χ0) is 14.8. The second-order valence-electron chi connectivity index (χ2n) is 4.98. The molecule has 3 aromatic rings. The van der Waals surface area contributed by atoms with E-state index >= 15 is 0 Å². The molecule has 0 aliphatic heterocycles. The van der Waals surface area contributed by atoms with Crippen molar-refractivity contribution in [2.24, 2.45) is 7.05 Å². The molecule has 0 amide bonds. The molecular formula is C15H16BrClN4. The molecule has 1 aromatic carbocycles. The smallest absolute Gasteiger partial charge is 0.111 e. The van der Waals surface area contributed by atoms with Gasteiger partial charge < -0.3 is 4.57 Å². The van der Waals surface area contributed by atoms with Crippen LogP contribution in [-0.2, 0) is 26.4 Å². The lowest BCUT2D eigenvalue weighted by atomic mass is 10.3. The molecule has 2 heterocycles. The summed E-state index contributed by atoms with van der Waals surface area (Å²) in [4.78, 5) is 4.70. The third kappa shape index (κ3) is 3.14. The predicted octanol–water partition coefficient (Wildman–Crippen LogP) is 3.56. The van der Waals surface area contributed by atoms with Gasteiger partial charge in [-0.3, -0.25) is 4.68 Å². The second-order valence-corrected chi connectivity index (χ2v) is 6.28. The zero-order valence-electron chi connectivity index (χ0n) is 11.8. The molecule has 0 unspecified atom stereocenters. The largest absolute Gasteiger partial charge is 0.328 e. The van der Waals surface area contributed by atoms with Gasteiger partial charge in [0.2, 0.25) is 0 Å². The molecule has 0 saturated heterocycles. The molecule has 0 bridgehead atoms. The fraction of sp³-hybridized carbons (Fsp3) is 0.333. The Morgan fingerprint density at radius 3 is 2.81 bits per heavy atom. The van der Waals surface area contributed by atoms with E-state index in [0.717, 1.165) is 46.4 Å². The van der Waals surface area contributed by atoms with Gasteiger partial charge in [-0.05, 0) is 24.3 Å². The van der Waals surface area contributed by atoms with Gasteiger partial charge in [0.1, 0.15) is 5.82 Å². The van der Waals surface area contributed by atoms with Crippen LogP contribution in [0.2, 0.25) is 0 Å². The predicted molar refractivity (Wildman–Crippen MR) is 88.8 cm³/mol. The van der Waals surface area contributed by atoms with E-state index in [-0.39, 0.29) is 0 Å². The second kappa shape index (κ2) is 6.20. The normalized spacial score (nSPS) is 11.4. The lowest BCUT2D eigenvalue weighted by Gasteiger charge is -2.07. The highest BCUT2D eigenvalue weighted by molar-refractivity contribution is 9.10. The maximum absolute atomic E-state index is 5.91. The summed E-state index contributed by atoms with van der Waals surface area (Å²) in [7, 11) is 1.94. The Morgan fingerprint density at radius 2 is 2.10 bits per heavy atom. The van der Waals surface area contributed by atoms with Gasteiger partial charge >= 0.3 is 0 Å². The molecule has 6 heteroatoms. The number of hydrogen-bond acceptors (Lipinski definition) is 2. The Bertz CT molecular complexity index is 762. The van der Waals surface area contributed by atoms with Crippen LogP contribution in [0, 0.1) is 0 Å². The first-order valence-corrected chi connectivity index (χ1v) is 8.19. The van der Waals surface area contributed by atoms with Crippen LogP contribution in [0.5, 0.6) is 0 Å². The highest BCUT2D eigenvalue weighted by Crippen LogP contribution is 2.22. The number of fused-ring (bicyclic) bond motifs is 1. The van der Waals surface area contributed by atoms with Gasteiger partial charge in [0.15, 0.2) is 0 Å². The van der Waals surface area contributed by atoms with E-state index in [9.17, 15) is 0 Å². The molecule has 21 heavy (non-hydrogen) atoms. The summed E-state index contributed by atoms with van der Waals surface area (Å²) in [5, 5.41) is 4.43. The molecule has 4 nitrogen and oxygen atoms in total. The Kier molecular flexibility index (Phi) is 4.31. The Morgan fingerprint density at radius 1 is 1.24 bits per heavy atom. The van der Waals surface area contributed by atoms with Gasteiger partial charge in [0, 0.05) is 43.0 Å². The van der Waals surface area contributed by atoms with Gasteiger partial charge in [-0.15, -0.1) is 11.6 Å². The number of aryl methyl sites for hydroxylation is 4. The Labute approximate surface area is 136 Å². The summed E-state index contributed by atoms with van der Waals surface area (Å²) in [5.41, 5.74) is 3.24. The van der Waals surface area contributed by atoms with E-state index in [0.29, 0.717) is 5.88 Å². The number of imidazole rings is 1. The maximum atomic E-state index is 5.91. The first-order valence-electron chi connectivity index (χ1n) is 6.86. The zero-order valence-corrected chi connectivity index (χ0v) is 14.1. The topological polar surface area (TPSA) is 35.6 Å². The van der Waals surface area contributed by atoms with Crippen molar-refractivity contribution in [3.05, 3.63) is 46.5 Å². The van der Waals surface area contributed by atoms with Crippen LogP contribution >= 0.6 is 27.5 Å². The van der Waals surface area contributed by atoms with Crippen molar-refractivity contribution in [3.63, 3.8) is 0 Å². The van der Waals surface area contributed by atoms with E-state index in [4.69, 9.17) is 16.6 Å². The van der Waals surface area contributed by atoms with Crippen LogP contribution in [0.25, 0.3) is 11.0 Å². The molecule has 0 radical (unpaired) electrons. The van der Waals surface area contributed by atoms with E-state index in [1.807, 2.05) is 30.1 Å². The minimum Gasteiger partial charge on any atom is -0.328 e. The monoisotopic (exact) mass is 366 g/mol. The van der Waals surface area contributed by atoms with Crippen LogP contribution < -0.4 is 0 Å². The van der Waals surface area contributed by atoms with Gasteiger partial charge in [-0.2, -0.15) is 5.10 Å². The van der Waals surface area contributed by atoms with Crippen molar-refractivity contribution in [2.45, 2.75) is 19.4 Å². The molecule has 2 aromatic heterocycles. The van der Waals surface area contributed by atoms with Gasteiger partial charge in [0.25, 0.3) is 0 Å². The average Bonchev–Trinajstić information content (AvgIpc) is 3.00. The van der Waals surface area contributed by atoms with Crippen LogP contribution in [0.4, 0.5) is 0 Å². The standard InChI is InChI=1S/C15H16BrClN4/c1-20-8-5-12(19-20)6-9-21-14-3-2-11(16)10-13(14)18-15(21)4-7-17/h2-3,5,8,10H,4,6-7,9H2,1H3. The Balaban J connectivity index is 1.92. The lowest BCUT2D eigenvalue weighted by molar-refractivity contribution is 0.651. The molecule has 0 N–H and O–H groups in total. The van der Waals surface area contributed by atoms with Crippen molar-refractivity contribution in [2.75, 3.05) is 5.88 Å². The molecule has 0 spiro atoms. The molecular weight excluding hydrogens is 352 g/mol. The highest BCUT2D eigenvalue weighted by Gasteiger charge is 2.11. The van der Waals surface area contributed by atoms with E-state index in [1.54, 1.807) is 0 Å². The van der Waals surface area contributed by atoms with Gasteiger partial charge in [-0.25, -0.2) is 4.98 Å². The Hall–Kier alpha value is -1.33. The molecule has 0 fully saturated rings. The van der Waals surface area contributed by atoms with Crippen molar-refractivity contribution < 1.29 is 0 Å². The summed E-state index contributed by atoms with van der Waals surface area (Å²) in [6, 6.07) is 8.25.